The van der Waals surface area contributed by atoms with Crippen LogP contribution in [0.2, 0.25) is 0 Å². The molecule has 0 saturated heterocycles. The van der Waals surface area contributed by atoms with E-state index in [-0.39, 0.29) is 6.54 Å². The Morgan fingerprint density at radius 2 is 1.78 bits per heavy atom. The third-order valence-corrected chi connectivity index (χ3v) is 4.44. The molecule has 27 heavy (non-hydrogen) atoms. The average molecular weight is 372 g/mol. The van der Waals surface area contributed by atoms with Crippen LogP contribution in [0.5, 0.6) is 0 Å². The van der Waals surface area contributed by atoms with Crippen LogP contribution in [0.1, 0.15) is 32.4 Å². The molecule has 0 bridgehead atoms. The summed E-state index contributed by atoms with van der Waals surface area (Å²) >= 11 is 0. The summed E-state index contributed by atoms with van der Waals surface area (Å²) in [7, 11) is 0. The molecule has 1 aliphatic rings. The predicted octanol–water partition coefficient (Wildman–Crippen LogP) is 1.52. The van der Waals surface area contributed by atoms with Crippen LogP contribution in [-0.2, 0) is 12.1 Å². The molecule has 8 nitrogen and oxygen atoms in total. The van der Waals surface area contributed by atoms with E-state index in [0.29, 0.717) is 24.2 Å². The van der Waals surface area contributed by atoms with Crippen molar-refractivity contribution in [2.75, 3.05) is 6.67 Å². The zero-order chi connectivity index (χ0) is 19.4. The fraction of sp³-hybridized carbons (Fsp3) is 0.389. The second-order valence-corrected chi connectivity index (χ2v) is 6.09. The first-order chi connectivity index (χ1) is 13.1. The fourth-order valence-electron chi connectivity index (χ4n) is 2.74. The van der Waals surface area contributed by atoms with Crippen LogP contribution in [0.25, 0.3) is 5.69 Å². The predicted molar refractivity (Wildman–Crippen MR) is 97.7 cm³/mol. The zero-order valence-corrected chi connectivity index (χ0v) is 15.2. The van der Waals surface area contributed by atoms with Crippen molar-refractivity contribution in [1.82, 2.24) is 29.1 Å². The lowest BCUT2D eigenvalue weighted by Gasteiger charge is -2.15. The first-order valence-corrected chi connectivity index (χ1v) is 8.83. The standard InChI is InChI=1S/C16H15FN6O2.C2H6/c17-11-16(3-4-16)22-8-7-21(14(24)15(22)25)10-12-1-2-13(9-18-12)23-19-5-6-20-23;1-2/h1-2,5-9H,3-4,10-11H2;1-2H3. The largest absolute Gasteiger partial charge is 0.317 e. The molecule has 3 aromatic rings. The minimum atomic E-state index is -0.813. The Bertz CT molecular complexity index is 1000. The van der Waals surface area contributed by atoms with Gasteiger partial charge in [0, 0.05) is 12.4 Å². The van der Waals surface area contributed by atoms with Crippen LogP contribution in [-0.4, -0.2) is 35.8 Å². The van der Waals surface area contributed by atoms with Gasteiger partial charge in [-0.15, -0.1) is 0 Å². The van der Waals surface area contributed by atoms with Gasteiger partial charge in [-0.05, 0) is 25.0 Å². The summed E-state index contributed by atoms with van der Waals surface area (Å²) < 4.78 is 15.6. The van der Waals surface area contributed by atoms with Gasteiger partial charge in [0.05, 0.1) is 36.4 Å². The second kappa shape index (κ2) is 7.65. The third-order valence-electron chi connectivity index (χ3n) is 4.44. The number of halogens is 1. The van der Waals surface area contributed by atoms with Crippen LogP contribution in [0.15, 0.2) is 52.7 Å². The number of aromatic nitrogens is 6. The molecule has 4 rings (SSSR count). The van der Waals surface area contributed by atoms with Gasteiger partial charge in [-0.1, -0.05) is 13.8 Å². The van der Waals surface area contributed by atoms with Gasteiger partial charge in [0.2, 0.25) is 0 Å². The highest BCUT2D eigenvalue weighted by Crippen LogP contribution is 2.42. The van der Waals surface area contributed by atoms with Crippen LogP contribution < -0.4 is 11.1 Å². The van der Waals surface area contributed by atoms with E-state index >= 15 is 0 Å². The molecule has 0 aliphatic heterocycles. The summed E-state index contributed by atoms with van der Waals surface area (Å²) in [5.74, 6) is 0. The lowest BCUT2D eigenvalue weighted by molar-refractivity contribution is 0.326. The van der Waals surface area contributed by atoms with E-state index in [9.17, 15) is 14.0 Å². The monoisotopic (exact) mass is 372 g/mol. The molecule has 9 heteroatoms. The van der Waals surface area contributed by atoms with Gasteiger partial charge < -0.3 is 9.13 Å². The molecular formula is C18H21FN6O2. The first-order valence-electron chi connectivity index (χ1n) is 8.83. The lowest BCUT2D eigenvalue weighted by Crippen LogP contribution is -2.45. The van der Waals surface area contributed by atoms with E-state index in [1.807, 2.05) is 13.8 Å². The fourth-order valence-corrected chi connectivity index (χ4v) is 2.74. The summed E-state index contributed by atoms with van der Waals surface area (Å²) in [6, 6.07) is 3.51. The Balaban J connectivity index is 0.00000102. The van der Waals surface area contributed by atoms with E-state index in [4.69, 9.17) is 0 Å². The molecule has 0 amide bonds. The molecule has 0 N–H and O–H groups in total. The molecule has 3 aromatic heterocycles. The summed E-state index contributed by atoms with van der Waals surface area (Å²) in [5, 5.41) is 8.02. The highest BCUT2D eigenvalue weighted by atomic mass is 19.1. The molecule has 1 fully saturated rings. The van der Waals surface area contributed by atoms with E-state index in [1.165, 1.54) is 26.3 Å². The van der Waals surface area contributed by atoms with E-state index in [1.54, 1.807) is 30.7 Å². The summed E-state index contributed by atoms with van der Waals surface area (Å²) in [4.78, 5) is 30.2. The Morgan fingerprint density at radius 3 is 2.33 bits per heavy atom. The zero-order valence-electron chi connectivity index (χ0n) is 15.2. The number of hydrogen-bond donors (Lipinski definition) is 0. The average Bonchev–Trinajstić information content (AvgIpc) is 3.31. The molecule has 0 spiro atoms. The van der Waals surface area contributed by atoms with Gasteiger partial charge in [0.1, 0.15) is 12.4 Å². The number of rotatable bonds is 5. The third kappa shape index (κ3) is 3.57. The van der Waals surface area contributed by atoms with Crippen LogP contribution in [0.3, 0.4) is 0 Å². The first kappa shape index (κ1) is 18.7. The van der Waals surface area contributed by atoms with E-state index < -0.39 is 23.3 Å². The van der Waals surface area contributed by atoms with Crippen molar-refractivity contribution in [3.8, 4) is 5.69 Å². The number of alkyl halides is 1. The normalized spacial score (nSPS) is 14.3. The SMILES string of the molecule is CC.O=c1c(=O)n(C2(CF)CC2)ccn1Cc1ccc(-n2nccn2)cn1. The highest BCUT2D eigenvalue weighted by Gasteiger charge is 2.45. The number of pyridine rings is 1. The van der Waals surface area contributed by atoms with Gasteiger partial charge in [-0.25, -0.2) is 4.39 Å². The van der Waals surface area contributed by atoms with Crippen molar-refractivity contribution in [3.05, 3.63) is 69.5 Å². The topological polar surface area (TPSA) is 87.6 Å². The number of hydrogen-bond acceptors (Lipinski definition) is 5. The van der Waals surface area contributed by atoms with Crippen molar-refractivity contribution in [3.63, 3.8) is 0 Å². The maximum atomic E-state index is 13.1. The minimum Gasteiger partial charge on any atom is -0.303 e. The van der Waals surface area contributed by atoms with Crippen LogP contribution in [0.4, 0.5) is 4.39 Å². The van der Waals surface area contributed by atoms with E-state index in [2.05, 4.69) is 15.2 Å². The van der Waals surface area contributed by atoms with Gasteiger partial charge in [-0.2, -0.15) is 15.0 Å². The van der Waals surface area contributed by atoms with Crippen molar-refractivity contribution >= 4 is 0 Å². The molecule has 142 valence electrons. The molecular weight excluding hydrogens is 351 g/mol. The maximum absolute atomic E-state index is 13.1. The van der Waals surface area contributed by atoms with Crippen molar-refractivity contribution in [1.29, 1.82) is 0 Å². The molecule has 1 saturated carbocycles. The van der Waals surface area contributed by atoms with E-state index in [0.717, 1.165) is 0 Å². The molecule has 1 aliphatic carbocycles. The van der Waals surface area contributed by atoms with Gasteiger partial charge in [-0.3, -0.25) is 14.6 Å². The Labute approximate surface area is 154 Å². The molecule has 0 radical (unpaired) electrons. The number of nitrogens with zero attached hydrogens (tertiary/aromatic N) is 6. The quantitative estimate of drug-likeness (QED) is 0.634. The highest BCUT2D eigenvalue weighted by molar-refractivity contribution is 5.26. The van der Waals surface area contributed by atoms with Crippen LogP contribution in [0, 0.1) is 0 Å². The molecule has 3 heterocycles. The second-order valence-electron chi connectivity index (χ2n) is 6.09. The van der Waals surface area contributed by atoms with Crippen molar-refractivity contribution in [2.45, 2.75) is 38.8 Å². The van der Waals surface area contributed by atoms with Gasteiger partial charge in [0.15, 0.2) is 0 Å². The smallest absolute Gasteiger partial charge is 0.303 e. The summed E-state index contributed by atoms with van der Waals surface area (Å²) in [6.45, 7) is 3.52. The lowest BCUT2D eigenvalue weighted by atomic mass is 10.3. The maximum Gasteiger partial charge on any atom is 0.317 e. The van der Waals surface area contributed by atoms with Gasteiger partial charge in [0.25, 0.3) is 0 Å². The summed E-state index contributed by atoms with van der Waals surface area (Å²) in [6.07, 6.45) is 8.86. The van der Waals surface area contributed by atoms with Crippen molar-refractivity contribution < 1.29 is 4.39 Å². The Hall–Kier alpha value is -3.10. The Morgan fingerprint density at radius 1 is 1.07 bits per heavy atom. The van der Waals surface area contributed by atoms with Crippen molar-refractivity contribution in [2.24, 2.45) is 0 Å². The van der Waals surface area contributed by atoms with Crippen LogP contribution >= 0.6 is 0 Å². The van der Waals surface area contributed by atoms with Gasteiger partial charge >= 0.3 is 11.1 Å². The molecule has 0 atom stereocenters. The minimum absolute atomic E-state index is 0.157. The molecule has 0 unspecified atom stereocenters. The summed E-state index contributed by atoms with van der Waals surface area (Å²) in [5.41, 5.74) is -0.889. The Kier molecular flexibility index (Phi) is 5.29. The molecule has 0 aromatic carbocycles.